The van der Waals surface area contributed by atoms with Gasteiger partial charge in [-0.2, -0.15) is 0 Å². The predicted octanol–water partition coefficient (Wildman–Crippen LogP) is 0.544. The third-order valence-electron chi connectivity index (χ3n) is 6.06. The van der Waals surface area contributed by atoms with Gasteiger partial charge in [-0.25, -0.2) is 15.0 Å². The van der Waals surface area contributed by atoms with Gasteiger partial charge in [-0.3, -0.25) is 4.57 Å². The van der Waals surface area contributed by atoms with Crippen LogP contribution in [0.3, 0.4) is 0 Å². The smallest absolute Gasteiger partial charge is 0.329 e. The first-order chi connectivity index (χ1) is 15.3. The molecule has 6 unspecified atom stereocenters. The van der Waals surface area contributed by atoms with Crippen LogP contribution in [-0.4, -0.2) is 67.4 Å². The zero-order valence-electron chi connectivity index (χ0n) is 16.8. The van der Waals surface area contributed by atoms with E-state index >= 15 is 0 Å². The van der Waals surface area contributed by atoms with Crippen LogP contribution in [0.2, 0.25) is 0 Å². The summed E-state index contributed by atoms with van der Waals surface area (Å²) >= 11 is 5.25. The van der Waals surface area contributed by atoms with Gasteiger partial charge in [0, 0.05) is 18.4 Å². The molecule has 16 heteroatoms. The molecule has 2 aromatic rings. The number of imidazole rings is 1. The summed E-state index contributed by atoms with van der Waals surface area (Å²) < 4.78 is 30.2. The van der Waals surface area contributed by atoms with Crippen LogP contribution in [0.5, 0.6) is 0 Å². The van der Waals surface area contributed by atoms with Crippen molar-refractivity contribution >= 4 is 44.1 Å². The maximum atomic E-state index is 10.7. The number of anilines is 1. The molecule has 8 atom stereocenters. The number of nitrogen functional groups attached to an aromatic ring is 1. The molecule has 32 heavy (non-hydrogen) atoms. The summed E-state index contributed by atoms with van der Waals surface area (Å²) in [6.07, 6.45) is 2.06. The Bertz CT molecular complexity index is 1030. The molecule has 0 amide bonds. The van der Waals surface area contributed by atoms with Crippen molar-refractivity contribution in [3.8, 4) is 0 Å². The number of aromatic nitrogens is 4. The Kier molecular flexibility index (Phi) is 6.47. The van der Waals surface area contributed by atoms with E-state index in [9.17, 15) is 9.79 Å². The monoisotopic (exact) mass is 506 g/mol. The molecule has 0 radical (unpaired) electrons. The van der Waals surface area contributed by atoms with Crippen LogP contribution in [-0.2, 0) is 34.6 Å². The van der Waals surface area contributed by atoms with Gasteiger partial charge in [-0.05, 0) is 24.1 Å². The number of hydrogen-bond donors (Lipinski definition) is 4. The molecule has 0 bridgehead atoms. The molecule has 2 saturated heterocycles. The highest BCUT2D eigenvalue weighted by atomic mass is 32.5. The van der Waals surface area contributed by atoms with Gasteiger partial charge in [0.25, 0.3) is 0 Å². The summed E-state index contributed by atoms with van der Waals surface area (Å²) in [6.45, 7) is -3.17. The highest BCUT2D eigenvalue weighted by molar-refractivity contribution is 8.07. The normalized spacial score (nSPS) is 41.0. The molecule has 5 rings (SSSR count). The summed E-state index contributed by atoms with van der Waals surface area (Å²) in [6, 6.07) is -0.0686. The molecule has 1 saturated carbocycles. The molecule has 3 fully saturated rings. The van der Waals surface area contributed by atoms with E-state index in [0.717, 1.165) is 0 Å². The summed E-state index contributed by atoms with van der Waals surface area (Å²) in [5, 5.41) is 0. The van der Waals surface area contributed by atoms with E-state index in [1.165, 1.54) is 6.33 Å². The van der Waals surface area contributed by atoms with Gasteiger partial charge in [0.05, 0.1) is 32.3 Å². The second-order valence-electron chi connectivity index (χ2n) is 8.01. The van der Waals surface area contributed by atoms with Gasteiger partial charge in [0.1, 0.15) is 24.2 Å². The summed E-state index contributed by atoms with van der Waals surface area (Å²) in [5.41, 5.74) is 12.9. The minimum Gasteiger partial charge on any atom is -0.382 e. The average Bonchev–Trinajstić information content (AvgIpc) is 3.33. The van der Waals surface area contributed by atoms with Crippen molar-refractivity contribution in [3.05, 3.63) is 12.7 Å². The third kappa shape index (κ3) is 4.55. The Morgan fingerprint density at radius 3 is 2.78 bits per heavy atom. The number of ether oxygens (including phenoxy) is 1. The molecule has 176 valence electrons. The van der Waals surface area contributed by atoms with E-state index in [-0.39, 0.29) is 43.5 Å². The SMILES string of the molecule is Nc1ncnc2c1ncn2C1C[C@@H]2OP(O)(=S)OCC3CC(N)[C@@H]3COP(O)OCC2O1. The molecular weight excluding hydrogens is 482 g/mol. The molecule has 0 aromatic carbocycles. The van der Waals surface area contributed by atoms with Crippen LogP contribution in [0.15, 0.2) is 12.7 Å². The van der Waals surface area contributed by atoms with Crippen molar-refractivity contribution < 1.29 is 32.6 Å². The van der Waals surface area contributed by atoms with Crippen LogP contribution >= 0.6 is 15.3 Å². The maximum Gasteiger partial charge on any atom is 0.329 e. The second kappa shape index (κ2) is 9.05. The van der Waals surface area contributed by atoms with E-state index in [1.807, 2.05) is 0 Å². The zero-order valence-corrected chi connectivity index (χ0v) is 19.4. The number of nitrogens with two attached hydrogens (primary N) is 2. The van der Waals surface area contributed by atoms with Gasteiger partial charge >= 0.3 is 15.3 Å². The lowest BCUT2D eigenvalue weighted by molar-refractivity contribution is -0.0386. The molecule has 4 heterocycles. The lowest BCUT2D eigenvalue weighted by atomic mass is 9.70. The molecule has 0 spiro atoms. The molecular formula is C16H24N6O7P2S. The number of fused-ring (bicyclic) bond motifs is 3. The van der Waals surface area contributed by atoms with E-state index in [1.54, 1.807) is 10.9 Å². The first kappa shape index (κ1) is 22.9. The van der Waals surface area contributed by atoms with Crippen molar-refractivity contribution in [2.24, 2.45) is 17.6 Å². The van der Waals surface area contributed by atoms with Gasteiger partial charge in [-0.15, -0.1) is 0 Å². The summed E-state index contributed by atoms with van der Waals surface area (Å²) in [5.74, 6) is 0.291. The number of hydrogen-bond acceptors (Lipinski definition) is 12. The van der Waals surface area contributed by atoms with Crippen molar-refractivity contribution in [1.29, 1.82) is 0 Å². The highest BCUT2D eigenvalue weighted by Gasteiger charge is 2.44. The van der Waals surface area contributed by atoms with E-state index in [0.29, 0.717) is 24.0 Å². The average molecular weight is 506 g/mol. The number of nitrogens with zero attached hydrogens (tertiary/aromatic N) is 4. The van der Waals surface area contributed by atoms with Crippen LogP contribution in [0.25, 0.3) is 11.2 Å². The van der Waals surface area contributed by atoms with Gasteiger partial charge in [-0.1, -0.05) is 0 Å². The van der Waals surface area contributed by atoms with E-state index in [4.69, 9.17) is 46.1 Å². The Balaban J connectivity index is 1.36. The lowest BCUT2D eigenvalue weighted by Crippen LogP contribution is -2.51. The van der Waals surface area contributed by atoms with Gasteiger partial charge < -0.3 is 44.1 Å². The van der Waals surface area contributed by atoms with Crippen molar-refractivity contribution in [1.82, 2.24) is 19.5 Å². The van der Waals surface area contributed by atoms with E-state index in [2.05, 4.69) is 15.0 Å². The molecule has 1 aliphatic carbocycles. The largest absolute Gasteiger partial charge is 0.382 e. The molecule has 3 aliphatic rings. The van der Waals surface area contributed by atoms with Crippen molar-refractivity contribution in [2.75, 3.05) is 25.6 Å². The molecule has 2 aliphatic heterocycles. The number of rotatable bonds is 1. The van der Waals surface area contributed by atoms with Crippen molar-refractivity contribution in [2.45, 2.75) is 37.3 Å². The molecule has 13 nitrogen and oxygen atoms in total. The van der Waals surface area contributed by atoms with Gasteiger partial charge in [0.15, 0.2) is 11.5 Å². The molecule has 6 N–H and O–H groups in total. The van der Waals surface area contributed by atoms with Gasteiger partial charge in [0.2, 0.25) is 0 Å². The Morgan fingerprint density at radius 1 is 1.16 bits per heavy atom. The van der Waals surface area contributed by atoms with E-state index < -0.39 is 33.8 Å². The maximum absolute atomic E-state index is 10.7. The standard InChI is InChI=1S/C16H24N6O7P2S/c17-10-1-8-3-27-31(24,32)29-11-2-13(22-7-21-14-15(18)19-6-20-16(14)22)28-12(11)5-26-30(23)25-4-9(8)10/h6-13,23H,1-5,17H2,(H,24,32)(H2,18,19,20)/t8?,9-,10?,11+,12?,13?,30?,31?/m1/s1. The summed E-state index contributed by atoms with van der Waals surface area (Å²) in [7, 11) is -2.13. The topological polar surface area (TPSA) is 182 Å². The Morgan fingerprint density at radius 2 is 1.97 bits per heavy atom. The zero-order chi connectivity index (χ0) is 22.5. The highest BCUT2D eigenvalue weighted by Crippen LogP contribution is 2.51. The predicted molar refractivity (Wildman–Crippen MR) is 116 cm³/mol. The minimum atomic E-state index is -3.56. The lowest BCUT2D eigenvalue weighted by Gasteiger charge is -2.42. The van der Waals surface area contributed by atoms with Crippen LogP contribution in [0, 0.1) is 11.8 Å². The molecule has 2 aromatic heterocycles. The fourth-order valence-electron chi connectivity index (χ4n) is 4.23. The Hall–Kier alpha value is -0.890. The fraction of sp³-hybridized carbons (Fsp3) is 0.688. The third-order valence-corrected chi connectivity index (χ3v) is 8.38. The van der Waals surface area contributed by atoms with Crippen molar-refractivity contribution in [3.63, 3.8) is 0 Å². The van der Waals surface area contributed by atoms with Crippen LogP contribution in [0.1, 0.15) is 19.1 Å². The minimum absolute atomic E-state index is 0.0180. The quantitative estimate of drug-likeness (QED) is 0.394. The fourth-order valence-corrected chi connectivity index (χ4v) is 6.40. The van der Waals surface area contributed by atoms with Crippen LogP contribution < -0.4 is 11.5 Å². The second-order valence-corrected chi connectivity index (χ2v) is 11.8. The first-order valence-corrected chi connectivity index (χ1v) is 13.8. The first-order valence-electron chi connectivity index (χ1n) is 10.1. The Labute approximate surface area is 189 Å². The summed E-state index contributed by atoms with van der Waals surface area (Å²) in [4.78, 5) is 33.3. The van der Waals surface area contributed by atoms with Crippen LogP contribution in [0.4, 0.5) is 5.82 Å².